The van der Waals surface area contributed by atoms with E-state index in [1.165, 1.54) is 17.0 Å². The number of aromatic nitrogens is 2. The second kappa shape index (κ2) is 4.18. The average Bonchev–Trinajstić information content (AvgIpc) is 3.03. The summed E-state index contributed by atoms with van der Waals surface area (Å²) in [7, 11) is 0. The molecule has 2 aromatic rings. The zero-order valence-corrected chi connectivity index (χ0v) is 10.9. The van der Waals surface area contributed by atoms with Gasteiger partial charge < -0.3 is 10.3 Å². The summed E-state index contributed by atoms with van der Waals surface area (Å²) >= 11 is 0. The first kappa shape index (κ1) is 11.2. The third-order valence-corrected chi connectivity index (χ3v) is 4.45. The van der Waals surface area contributed by atoms with E-state index in [1.54, 1.807) is 0 Å². The fraction of sp³-hybridized carbons (Fsp3) is 0.400. The van der Waals surface area contributed by atoms with Crippen LogP contribution in [-0.2, 0) is 13.1 Å². The highest BCUT2D eigenvalue weighted by Crippen LogP contribution is 2.41. The summed E-state index contributed by atoms with van der Waals surface area (Å²) in [4.78, 5) is 6.97. The molecule has 0 saturated carbocycles. The number of hydrogen-bond acceptors (Lipinski definition) is 3. The Balaban J connectivity index is 1.65. The van der Waals surface area contributed by atoms with Crippen molar-refractivity contribution in [2.24, 2.45) is 5.73 Å². The van der Waals surface area contributed by atoms with E-state index in [9.17, 15) is 0 Å². The molecule has 4 nitrogen and oxygen atoms in total. The highest BCUT2D eigenvalue weighted by atomic mass is 15.3. The topological polar surface area (TPSA) is 47.1 Å². The van der Waals surface area contributed by atoms with Crippen molar-refractivity contribution in [3.8, 4) is 0 Å². The van der Waals surface area contributed by atoms with Gasteiger partial charge in [0.2, 0.25) is 0 Å². The largest absolute Gasteiger partial charge is 0.333 e. The van der Waals surface area contributed by atoms with Crippen LogP contribution in [0, 0.1) is 0 Å². The molecule has 98 valence electrons. The average molecular weight is 254 g/mol. The molecule has 2 N–H and O–H groups in total. The molecular weight excluding hydrogens is 236 g/mol. The predicted molar refractivity (Wildman–Crippen MR) is 73.4 cm³/mol. The number of rotatable bonds is 1. The van der Waals surface area contributed by atoms with E-state index in [0.717, 1.165) is 26.1 Å². The van der Waals surface area contributed by atoms with Crippen LogP contribution in [0.3, 0.4) is 0 Å². The highest BCUT2D eigenvalue weighted by molar-refractivity contribution is 5.37. The van der Waals surface area contributed by atoms with Gasteiger partial charge in [-0.15, -0.1) is 0 Å². The second-order valence-corrected chi connectivity index (χ2v) is 5.49. The molecule has 0 spiro atoms. The minimum atomic E-state index is 0.183. The lowest BCUT2D eigenvalue weighted by molar-refractivity contribution is 0.148. The minimum Gasteiger partial charge on any atom is -0.333 e. The molecule has 0 amide bonds. The zero-order chi connectivity index (χ0) is 12.8. The van der Waals surface area contributed by atoms with Crippen molar-refractivity contribution in [1.29, 1.82) is 0 Å². The Morgan fingerprint density at radius 2 is 2.00 bits per heavy atom. The van der Waals surface area contributed by atoms with Crippen LogP contribution in [0.15, 0.2) is 36.7 Å². The van der Waals surface area contributed by atoms with Crippen molar-refractivity contribution in [2.45, 2.75) is 31.6 Å². The molecular formula is C15H18N4. The number of imidazole rings is 1. The minimum absolute atomic E-state index is 0.183. The number of benzene rings is 1. The molecule has 4 rings (SSSR count). The Morgan fingerprint density at radius 1 is 1.16 bits per heavy atom. The molecule has 2 unspecified atom stereocenters. The molecule has 0 saturated heterocycles. The van der Waals surface area contributed by atoms with E-state index < -0.39 is 0 Å². The Kier molecular flexibility index (Phi) is 2.47. The van der Waals surface area contributed by atoms with Crippen molar-refractivity contribution in [3.05, 3.63) is 53.6 Å². The van der Waals surface area contributed by atoms with E-state index in [-0.39, 0.29) is 6.04 Å². The van der Waals surface area contributed by atoms with Crippen LogP contribution in [0.5, 0.6) is 0 Å². The van der Waals surface area contributed by atoms with E-state index in [1.807, 2.05) is 6.20 Å². The Labute approximate surface area is 112 Å². The Morgan fingerprint density at radius 3 is 2.89 bits per heavy atom. The molecule has 0 bridgehead atoms. The lowest BCUT2D eigenvalue weighted by atomic mass is 10.1. The molecule has 1 aromatic carbocycles. The van der Waals surface area contributed by atoms with Crippen LogP contribution >= 0.6 is 0 Å². The number of nitrogens with zero attached hydrogens (tertiary/aromatic N) is 3. The molecule has 4 heteroatoms. The maximum Gasteiger partial charge on any atom is 0.122 e. The monoisotopic (exact) mass is 254 g/mol. The van der Waals surface area contributed by atoms with Crippen molar-refractivity contribution in [2.75, 3.05) is 6.54 Å². The van der Waals surface area contributed by atoms with Gasteiger partial charge in [0.15, 0.2) is 0 Å². The van der Waals surface area contributed by atoms with Crippen LogP contribution in [0.4, 0.5) is 0 Å². The molecule has 1 aliphatic carbocycles. The summed E-state index contributed by atoms with van der Waals surface area (Å²) in [5.41, 5.74) is 9.00. The first-order valence-corrected chi connectivity index (χ1v) is 6.91. The van der Waals surface area contributed by atoms with Crippen molar-refractivity contribution in [3.63, 3.8) is 0 Å². The summed E-state index contributed by atoms with van der Waals surface area (Å²) in [5.74, 6) is 1.17. The molecule has 1 aromatic heterocycles. The van der Waals surface area contributed by atoms with E-state index >= 15 is 0 Å². The standard InChI is InChI=1S/C15H18N4/c16-13-9-14(12-4-2-1-3-11(12)13)19-8-7-18-6-5-17-15(18)10-19/h1-6,13-14H,7-10,16H2. The summed E-state index contributed by atoms with van der Waals surface area (Å²) in [6.45, 7) is 3.04. The third kappa shape index (κ3) is 1.71. The fourth-order valence-electron chi connectivity index (χ4n) is 3.45. The van der Waals surface area contributed by atoms with Gasteiger partial charge >= 0.3 is 0 Å². The number of hydrogen-bond donors (Lipinski definition) is 1. The van der Waals surface area contributed by atoms with Crippen LogP contribution < -0.4 is 5.73 Å². The van der Waals surface area contributed by atoms with Crippen LogP contribution in [0.25, 0.3) is 0 Å². The van der Waals surface area contributed by atoms with Gasteiger partial charge in [0.1, 0.15) is 5.82 Å². The summed E-state index contributed by atoms with van der Waals surface area (Å²) in [6.07, 6.45) is 4.99. The zero-order valence-electron chi connectivity index (χ0n) is 10.9. The quantitative estimate of drug-likeness (QED) is 0.844. The Bertz CT molecular complexity index is 604. The number of nitrogens with two attached hydrogens (primary N) is 1. The van der Waals surface area contributed by atoms with Gasteiger partial charge in [-0.25, -0.2) is 4.98 Å². The second-order valence-electron chi connectivity index (χ2n) is 5.49. The van der Waals surface area contributed by atoms with Crippen molar-refractivity contribution < 1.29 is 0 Å². The molecule has 2 heterocycles. The maximum absolute atomic E-state index is 6.27. The smallest absolute Gasteiger partial charge is 0.122 e. The predicted octanol–water partition coefficient (Wildman–Crippen LogP) is 1.84. The van der Waals surface area contributed by atoms with Crippen LogP contribution in [-0.4, -0.2) is 21.0 Å². The molecule has 1 aliphatic heterocycles. The van der Waals surface area contributed by atoms with Gasteiger partial charge in [-0.05, 0) is 17.5 Å². The summed E-state index contributed by atoms with van der Waals surface area (Å²) in [6, 6.07) is 9.25. The molecule has 2 atom stereocenters. The normalized spacial score (nSPS) is 26.2. The van der Waals surface area contributed by atoms with Gasteiger partial charge in [-0.2, -0.15) is 0 Å². The highest BCUT2D eigenvalue weighted by Gasteiger charge is 2.34. The van der Waals surface area contributed by atoms with Crippen molar-refractivity contribution >= 4 is 0 Å². The molecule has 19 heavy (non-hydrogen) atoms. The first-order chi connectivity index (χ1) is 9.33. The van der Waals surface area contributed by atoms with Crippen LogP contribution in [0.2, 0.25) is 0 Å². The van der Waals surface area contributed by atoms with Gasteiger partial charge in [-0.1, -0.05) is 24.3 Å². The van der Waals surface area contributed by atoms with Gasteiger partial charge in [0.05, 0.1) is 6.54 Å². The lowest BCUT2D eigenvalue weighted by Gasteiger charge is -2.33. The van der Waals surface area contributed by atoms with Crippen LogP contribution in [0.1, 0.15) is 35.5 Å². The van der Waals surface area contributed by atoms with Gasteiger partial charge in [0, 0.05) is 37.6 Å². The van der Waals surface area contributed by atoms with Gasteiger partial charge in [-0.3, -0.25) is 4.90 Å². The van der Waals surface area contributed by atoms with Gasteiger partial charge in [0.25, 0.3) is 0 Å². The summed E-state index contributed by atoms with van der Waals surface area (Å²) < 4.78 is 2.25. The van der Waals surface area contributed by atoms with E-state index in [0.29, 0.717) is 6.04 Å². The molecule has 0 fully saturated rings. The van der Waals surface area contributed by atoms with E-state index in [4.69, 9.17) is 5.73 Å². The lowest BCUT2D eigenvalue weighted by Crippen LogP contribution is -2.36. The third-order valence-electron chi connectivity index (χ3n) is 4.45. The maximum atomic E-state index is 6.27. The van der Waals surface area contributed by atoms with Crippen molar-refractivity contribution in [1.82, 2.24) is 14.5 Å². The molecule has 0 radical (unpaired) electrons. The SMILES string of the molecule is NC1CC(N2CCn3ccnc3C2)c2ccccc21. The fourth-order valence-corrected chi connectivity index (χ4v) is 3.45. The first-order valence-electron chi connectivity index (χ1n) is 6.91. The number of fused-ring (bicyclic) bond motifs is 2. The summed E-state index contributed by atoms with van der Waals surface area (Å²) in [5, 5.41) is 0. The molecule has 2 aliphatic rings. The van der Waals surface area contributed by atoms with E-state index in [2.05, 4.69) is 44.9 Å². The Hall–Kier alpha value is -1.65.